The van der Waals surface area contributed by atoms with Crippen molar-refractivity contribution in [3.63, 3.8) is 0 Å². The first-order valence-corrected chi connectivity index (χ1v) is 16.9. The molecule has 0 unspecified atom stereocenters. The summed E-state index contributed by atoms with van der Waals surface area (Å²) < 4.78 is 5.04. The van der Waals surface area contributed by atoms with E-state index in [2.05, 4.69) is 16.0 Å². The molecule has 4 aromatic rings. The minimum Gasteiger partial charge on any atom is -0.465 e. The normalized spacial score (nSPS) is 12.8. The molecule has 3 N–H and O–H groups in total. The largest absolute Gasteiger partial charge is 0.465 e. The fourth-order valence-corrected chi connectivity index (χ4v) is 7.17. The highest BCUT2D eigenvalue weighted by Crippen LogP contribution is 2.38. The Balaban J connectivity index is 1.26. The lowest BCUT2D eigenvalue weighted by atomic mass is 10.1. The van der Waals surface area contributed by atoms with Crippen LogP contribution in [0.4, 0.5) is 10.7 Å². The molecule has 0 bridgehead atoms. The van der Waals surface area contributed by atoms with Gasteiger partial charge in [0.15, 0.2) is 0 Å². The van der Waals surface area contributed by atoms with Crippen LogP contribution < -0.4 is 16.0 Å². The molecule has 0 saturated heterocycles. The van der Waals surface area contributed by atoms with Crippen molar-refractivity contribution in [2.75, 3.05) is 23.5 Å². The first-order chi connectivity index (χ1) is 22.3. The van der Waals surface area contributed by atoms with Crippen molar-refractivity contribution in [1.82, 2.24) is 5.32 Å². The van der Waals surface area contributed by atoms with Crippen LogP contribution in [0.5, 0.6) is 0 Å². The molecule has 3 amide bonds. The van der Waals surface area contributed by atoms with Crippen LogP contribution in [-0.2, 0) is 27.2 Å². The first-order valence-electron chi connectivity index (χ1n) is 14.7. The molecule has 0 radical (unpaired) electrons. The van der Waals surface area contributed by atoms with Crippen molar-refractivity contribution in [3.8, 4) is 0 Å². The molecule has 8 nitrogen and oxygen atoms in total. The third-order valence-corrected chi connectivity index (χ3v) is 9.69. The van der Waals surface area contributed by atoms with Crippen LogP contribution in [0.15, 0.2) is 89.5 Å². The van der Waals surface area contributed by atoms with Gasteiger partial charge in [-0.3, -0.25) is 14.4 Å². The van der Waals surface area contributed by atoms with Gasteiger partial charge in [-0.2, -0.15) is 0 Å². The summed E-state index contributed by atoms with van der Waals surface area (Å²) in [5, 5.41) is 9.57. The molecule has 5 rings (SSSR count). The quantitative estimate of drug-likeness (QED) is 0.0692. The Morgan fingerprint density at radius 3 is 2.43 bits per heavy atom. The van der Waals surface area contributed by atoms with E-state index < -0.39 is 17.8 Å². The summed E-state index contributed by atoms with van der Waals surface area (Å²) in [5.74, 6) is -1.54. The average molecular weight is 674 g/mol. The van der Waals surface area contributed by atoms with Crippen molar-refractivity contribution >= 4 is 75.2 Å². The monoisotopic (exact) mass is 673 g/mol. The molecule has 46 heavy (non-hydrogen) atoms. The summed E-state index contributed by atoms with van der Waals surface area (Å²) in [4.78, 5) is 53.8. The number of thiophene rings is 1. The standard InChI is InChI=1S/C35H32ClN3O5S2/c1-44-35(43)31-27-13-6-3-7-14-29(27)46-34(31)39-30(40)21-45-26-12-8-11-25(20-26)37-33(42)28(19-22-15-17-24(36)18-16-22)38-32(41)23-9-4-2-5-10-23/h2,4-5,8-12,15-20H,3,6-7,13-14,21H2,1H3,(H,37,42)(H,38,41)(H,39,40)/b28-19+. The lowest BCUT2D eigenvalue weighted by molar-refractivity contribution is -0.114. The Morgan fingerprint density at radius 2 is 1.67 bits per heavy atom. The number of anilines is 2. The molecule has 0 aliphatic heterocycles. The molecule has 3 aromatic carbocycles. The molecule has 0 spiro atoms. The van der Waals surface area contributed by atoms with E-state index >= 15 is 0 Å². The van der Waals surface area contributed by atoms with E-state index in [9.17, 15) is 19.2 Å². The number of rotatable bonds is 10. The van der Waals surface area contributed by atoms with Crippen molar-refractivity contribution in [1.29, 1.82) is 0 Å². The average Bonchev–Trinajstić information content (AvgIpc) is 3.23. The SMILES string of the molecule is COC(=O)c1c(NC(=O)CSc2cccc(NC(=O)/C(=C\c3ccc(Cl)cc3)NC(=O)c3ccccc3)c2)sc2c1CCCCC2. The fraction of sp³-hybridized carbons (Fsp3) is 0.200. The number of methoxy groups -OCH3 is 1. The second kappa shape index (κ2) is 15.8. The van der Waals surface area contributed by atoms with E-state index in [0.717, 1.165) is 47.4 Å². The van der Waals surface area contributed by atoms with Gasteiger partial charge in [0.1, 0.15) is 10.7 Å². The smallest absolute Gasteiger partial charge is 0.341 e. The second-order valence-corrected chi connectivity index (χ2v) is 13.1. The Kier molecular flexibility index (Phi) is 11.3. The van der Waals surface area contributed by atoms with Crippen LogP contribution in [0, 0.1) is 0 Å². The number of ether oxygens (including phenoxy) is 1. The molecular formula is C35H32ClN3O5S2. The van der Waals surface area contributed by atoms with Gasteiger partial charge in [0.05, 0.1) is 18.4 Å². The van der Waals surface area contributed by atoms with E-state index in [1.165, 1.54) is 30.2 Å². The third kappa shape index (κ3) is 8.66. The van der Waals surface area contributed by atoms with Crippen molar-refractivity contribution in [2.45, 2.75) is 37.0 Å². The topological polar surface area (TPSA) is 114 Å². The minimum absolute atomic E-state index is 0.0457. The number of aryl methyl sites for hydroxylation is 1. The van der Waals surface area contributed by atoms with Crippen LogP contribution in [0.25, 0.3) is 6.08 Å². The Hall–Kier alpha value is -4.38. The lowest BCUT2D eigenvalue weighted by Gasteiger charge is -2.12. The first kappa shape index (κ1) is 33.0. The highest BCUT2D eigenvalue weighted by atomic mass is 35.5. The van der Waals surface area contributed by atoms with Gasteiger partial charge in [0.2, 0.25) is 5.91 Å². The summed E-state index contributed by atoms with van der Waals surface area (Å²) in [7, 11) is 1.35. The molecule has 1 heterocycles. The molecule has 11 heteroatoms. The molecule has 236 valence electrons. The maximum absolute atomic E-state index is 13.4. The van der Waals surface area contributed by atoms with Crippen LogP contribution in [0.1, 0.15) is 56.0 Å². The van der Waals surface area contributed by atoms with Crippen molar-refractivity contribution < 1.29 is 23.9 Å². The van der Waals surface area contributed by atoms with E-state index in [1.807, 2.05) is 6.07 Å². The van der Waals surface area contributed by atoms with E-state index in [4.69, 9.17) is 16.3 Å². The van der Waals surface area contributed by atoms with Crippen molar-refractivity contribution in [2.24, 2.45) is 0 Å². The second-order valence-electron chi connectivity index (χ2n) is 10.5. The van der Waals surface area contributed by atoms with Crippen LogP contribution >= 0.6 is 34.7 Å². The number of carbonyl (C=O) groups is 4. The zero-order valence-corrected chi connectivity index (χ0v) is 27.5. The van der Waals surface area contributed by atoms with Crippen LogP contribution in [0.2, 0.25) is 5.02 Å². The Labute approximate surface area is 280 Å². The molecule has 0 fully saturated rings. The number of benzene rings is 3. The number of amides is 3. The van der Waals surface area contributed by atoms with Gasteiger partial charge in [-0.15, -0.1) is 23.1 Å². The molecular weight excluding hydrogens is 642 g/mol. The van der Waals surface area contributed by atoms with Gasteiger partial charge in [0, 0.05) is 26.0 Å². The van der Waals surface area contributed by atoms with Crippen LogP contribution in [0.3, 0.4) is 0 Å². The molecule has 0 atom stereocenters. The molecule has 0 saturated carbocycles. The maximum atomic E-state index is 13.4. The maximum Gasteiger partial charge on any atom is 0.341 e. The molecule has 1 aliphatic rings. The van der Waals surface area contributed by atoms with Gasteiger partial charge in [-0.05, 0) is 85.4 Å². The highest BCUT2D eigenvalue weighted by molar-refractivity contribution is 8.00. The van der Waals surface area contributed by atoms with Gasteiger partial charge < -0.3 is 20.7 Å². The summed E-state index contributed by atoms with van der Waals surface area (Å²) in [6.07, 6.45) is 6.43. The number of hydrogen-bond acceptors (Lipinski definition) is 7. The fourth-order valence-electron chi connectivity index (χ4n) is 4.99. The minimum atomic E-state index is -0.521. The van der Waals surface area contributed by atoms with Gasteiger partial charge in [0.25, 0.3) is 11.8 Å². The van der Waals surface area contributed by atoms with Gasteiger partial charge in [-0.1, -0.05) is 54.4 Å². The van der Waals surface area contributed by atoms with Crippen LogP contribution in [-0.4, -0.2) is 36.6 Å². The van der Waals surface area contributed by atoms with Gasteiger partial charge in [-0.25, -0.2) is 4.79 Å². The van der Waals surface area contributed by atoms with E-state index in [0.29, 0.717) is 32.4 Å². The number of nitrogens with one attached hydrogen (secondary N) is 3. The number of fused-ring (bicyclic) bond motifs is 1. The number of carbonyl (C=O) groups excluding carboxylic acids is 4. The number of esters is 1. The van der Waals surface area contributed by atoms with Gasteiger partial charge >= 0.3 is 5.97 Å². The van der Waals surface area contributed by atoms with Crippen molar-refractivity contribution in [3.05, 3.63) is 117 Å². The number of halogens is 1. The lowest BCUT2D eigenvalue weighted by Crippen LogP contribution is -2.30. The van der Waals surface area contributed by atoms with E-state index in [-0.39, 0.29) is 17.4 Å². The zero-order valence-electron chi connectivity index (χ0n) is 25.1. The zero-order chi connectivity index (χ0) is 32.5. The summed E-state index contributed by atoms with van der Waals surface area (Å²) in [6, 6.07) is 22.6. The number of thioether (sulfide) groups is 1. The number of hydrogen-bond donors (Lipinski definition) is 3. The molecule has 1 aliphatic carbocycles. The summed E-state index contributed by atoms with van der Waals surface area (Å²) in [5.41, 5.74) is 3.08. The van der Waals surface area contributed by atoms with E-state index in [1.54, 1.807) is 78.9 Å². The third-order valence-electron chi connectivity index (χ3n) is 7.24. The Morgan fingerprint density at radius 1 is 0.913 bits per heavy atom. The predicted molar refractivity (Wildman–Crippen MR) is 185 cm³/mol. The highest BCUT2D eigenvalue weighted by Gasteiger charge is 2.26. The summed E-state index contributed by atoms with van der Waals surface area (Å²) in [6.45, 7) is 0. The Bertz CT molecular complexity index is 1770. The summed E-state index contributed by atoms with van der Waals surface area (Å²) >= 11 is 8.77. The molecule has 1 aromatic heterocycles. The predicted octanol–water partition coefficient (Wildman–Crippen LogP) is 7.60.